The van der Waals surface area contributed by atoms with Crippen LogP contribution in [0, 0.1) is 6.92 Å². The van der Waals surface area contributed by atoms with Crippen molar-refractivity contribution in [1.29, 1.82) is 0 Å². The fourth-order valence-electron chi connectivity index (χ4n) is 4.96. The zero-order chi connectivity index (χ0) is 19.5. The van der Waals surface area contributed by atoms with Crippen LogP contribution in [0.3, 0.4) is 0 Å². The van der Waals surface area contributed by atoms with E-state index >= 15 is 0 Å². The summed E-state index contributed by atoms with van der Waals surface area (Å²) in [6.07, 6.45) is 1.88. The number of rotatable bonds is 2. The van der Waals surface area contributed by atoms with Gasteiger partial charge in [0, 0.05) is 18.1 Å². The molecule has 3 aliphatic heterocycles. The number of hydrazine groups is 1. The van der Waals surface area contributed by atoms with E-state index < -0.39 is 5.54 Å². The zero-order valence-corrected chi connectivity index (χ0v) is 16.5. The first-order valence-corrected chi connectivity index (χ1v) is 10.1. The molecule has 0 N–H and O–H groups in total. The summed E-state index contributed by atoms with van der Waals surface area (Å²) in [5.74, 6) is -0.245. The molecule has 3 fully saturated rings. The fraction of sp³-hybridized carbons (Fsp3) is 0.364. The van der Waals surface area contributed by atoms with Crippen LogP contribution in [0.1, 0.15) is 36.4 Å². The lowest BCUT2D eigenvalue weighted by atomic mass is 9.87. The number of aryl methyl sites for hydroxylation is 1. The van der Waals surface area contributed by atoms with Gasteiger partial charge in [-0.25, -0.2) is 14.9 Å². The zero-order valence-electron chi connectivity index (χ0n) is 15.8. The van der Waals surface area contributed by atoms with Gasteiger partial charge in [0.15, 0.2) is 0 Å². The Morgan fingerprint density at radius 2 is 1.71 bits per heavy atom. The highest BCUT2D eigenvalue weighted by atomic mass is 35.5. The third-order valence-electron chi connectivity index (χ3n) is 6.29. The summed E-state index contributed by atoms with van der Waals surface area (Å²) in [6, 6.07) is 15.6. The van der Waals surface area contributed by atoms with Crippen LogP contribution < -0.4 is 4.90 Å². The third-order valence-corrected chi connectivity index (χ3v) is 6.55. The maximum atomic E-state index is 13.6. The van der Waals surface area contributed by atoms with Crippen LogP contribution >= 0.6 is 11.6 Å². The van der Waals surface area contributed by atoms with Crippen molar-refractivity contribution >= 4 is 29.1 Å². The van der Waals surface area contributed by atoms with Gasteiger partial charge in [0.25, 0.3) is 5.91 Å². The largest absolute Gasteiger partial charge is 0.274 e. The second-order valence-corrected chi connectivity index (χ2v) is 8.43. The maximum absolute atomic E-state index is 13.6. The van der Waals surface area contributed by atoms with Gasteiger partial charge >= 0.3 is 0 Å². The summed E-state index contributed by atoms with van der Waals surface area (Å²) in [6.45, 7) is 3.81. The minimum Gasteiger partial charge on any atom is -0.274 e. The summed E-state index contributed by atoms with van der Waals surface area (Å²) >= 11 is 5.98. The van der Waals surface area contributed by atoms with E-state index in [9.17, 15) is 9.59 Å². The highest BCUT2D eigenvalue weighted by molar-refractivity contribution is 6.31. The predicted molar refractivity (Wildman–Crippen MR) is 108 cm³/mol. The third kappa shape index (κ3) is 2.54. The molecule has 1 spiro atoms. The Balaban J connectivity index is 1.52. The number of fused-ring (bicyclic) bond motifs is 2. The van der Waals surface area contributed by atoms with Gasteiger partial charge in [-0.3, -0.25) is 9.59 Å². The van der Waals surface area contributed by atoms with E-state index in [1.165, 1.54) is 16.0 Å². The van der Waals surface area contributed by atoms with E-state index in [1.54, 1.807) is 24.3 Å². The first kappa shape index (κ1) is 17.9. The maximum Gasteiger partial charge on any atom is 0.256 e. The average Bonchev–Trinajstić information content (AvgIpc) is 3.33. The van der Waals surface area contributed by atoms with Gasteiger partial charge in [0.2, 0.25) is 5.91 Å². The highest BCUT2D eigenvalue weighted by Gasteiger charge is 2.63. The van der Waals surface area contributed by atoms with Gasteiger partial charge in [-0.1, -0.05) is 41.4 Å². The van der Waals surface area contributed by atoms with Gasteiger partial charge in [-0.05, 0) is 49.6 Å². The molecular formula is C22H22ClN3O2. The lowest BCUT2D eigenvalue weighted by Crippen LogP contribution is -2.52. The Morgan fingerprint density at radius 3 is 2.43 bits per heavy atom. The smallest absolute Gasteiger partial charge is 0.256 e. The second kappa shape index (κ2) is 6.41. The Morgan fingerprint density at radius 1 is 1.00 bits per heavy atom. The number of benzene rings is 2. The standard InChI is InChI=1S/C22H22ClN3O2/c1-15-3-5-16(6-4-15)19-13-22(25-12-2-11-24(19)25)14-20(27)26(21(22)28)18-9-7-17(23)8-10-18/h3-10,19H,2,11-14H2,1H3/t19-,22+/m1/s1. The first-order chi connectivity index (χ1) is 13.5. The minimum atomic E-state index is -0.775. The molecule has 2 atom stereocenters. The molecule has 5 rings (SSSR count). The van der Waals surface area contributed by atoms with Crippen molar-refractivity contribution in [2.45, 2.75) is 37.8 Å². The van der Waals surface area contributed by atoms with Crippen molar-refractivity contribution in [3.8, 4) is 0 Å². The normalized spacial score (nSPS) is 27.9. The SMILES string of the molecule is Cc1ccc([C@H]2C[C@@]3(CC(=O)N(c4ccc(Cl)cc4)C3=O)N3CCCN23)cc1. The van der Waals surface area contributed by atoms with Gasteiger partial charge in [0.05, 0.1) is 18.2 Å². The lowest BCUT2D eigenvalue weighted by Gasteiger charge is -2.32. The molecule has 6 heteroatoms. The Kier molecular flexibility index (Phi) is 4.09. The molecule has 5 nitrogen and oxygen atoms in total. The average molecular weight is 396 g/mol. The second-order valence-electron chi connectivity index (χ2n) is 7.99. The lowest BCUT2D eigenvalue weighted by molar-refractivity contribution is -0.131. The van der Waals surface area contributed by atoms with Crippen molar-refractivity contribution in [3.63, 3.8) is 0 Å². The quantitative estimate of drug-likeness (QED) is 0.727. The number of anilines is 1. The molecular weight excluding hydrogens is 374 g/mol. The molecule has 0 saturated carbocycles. The van der Waals surface area contributed by atoms with Gasteiger partial charge in [-0.15, -0.1) is 0 Å². The molecule has 0 aliphatic carbocycles. The number of hydrogen-bond donors (Lipinski definition) is 0. The van der Waals surface area contributed by atoms with Crippen LogP contribution in [-0.2, 0) is 9.59 Å². The van der Waals surface area contributed by atoms with Gasteiger partial charge < -0.3 is 0 Å². The van der Waals surface area contributed by atoms with Crippen molar-refractivity contribution in [2.24, 2.45) is 0 Å². The molecule has 2 aromatic carbocycles. The summed E-state index contributed by atoms with van der Waals surface area (Å²) < 4.78 is 0. The van der Waals surface area contributed by atoms with Crippen molar-refractivity contribution in [2.75, 3.05) is 18.0 Å². The van der Waals surface area contributed by atoms with E-state index in [0.717, 1.165) is 19.5 Å². The number of carbonyl (C=O) groups is 2. The van der Waals surface area contributed by atoms with Crippen LogP contribution in [0.15, 0.2) is 48.5 Å². The fourth-order valence-corrected chi connectivity index (χ4v) is 5.09. The Hall–Kier alpha value is -2.21. The molecule has 2 aromatic rings. The molecule has 0 bridgehead atoms. The Labute approximate surface area is 169 Å². The number of imide groups is 1. The van der Waals surface area contributed by atoms with E-state index in [-0.39, 0.29) is 24.3 Å². The molecule has 3 heterocycles. The summed E-state index contributed by atoms with van der Waals surface area (Å²) in [4.78, 5) is 27.9. The summed E-state index contributed by atoms with van der Waals surface area (Å²) in [5, 5.41) is 5.07. The molecule has 0 radical (unpaired) electrons. The van der Waals surface area contributed by atoms with Gasteiger partial charge in [0.1, 0.15) is 5.54 Å². The van der Waals surface area contributed by atoms with Crippen molar-refractivity contribution in [3.05, 3.63) is 64.7 Å². The first-order valence-electron chi connectivity index (χ1n) is 9.73. The minimum absolute atomic E-state index is 0.110. The topological polar surface area (TPSA) is 43.9 Å². The molecule has 28 heavy (non-hydrogen) atoms. The molecule has 0 aromatic heterocycles. The monoisotopic (exact) mass is 395 g/mol. The van der Waals surface area contributed by atoms with Crippen molar-refractivity contribution in [1.82, 2.24) is 10.0 Å². The van der Waals surface area contributed by atoms with E-state index in [1.807, 2.05) is 0 Å². The van der Waals surface area contributed by atoms with Crippen molar-refractivity contribution < 1.29 is 9.59 Å². The van der Waals surface area contributed by atoms with Crippen LogP contribution in [-0.4, -0.2) is 40.5 Å². The Bertz CT molecular complexity index is 943. The summed E-state index contributed by atoms with van der Waals surface area (Å²) in [7, 11) is 0. The molecule has 3 aliphatic rings. The van der Waals surface area contributed by atoms with Crippen LogP contribution in [0.25, 0.3) is 0 Å². The molecule has 0 unspecified atom stereocenters. The van der Waals surface area contributed by atoms with Crippen LogP contribution in [0.2, 0.25) is 5.02 Å². The number of hydrogen-bond acceptors (Lipinski definition) is 4. The van der Waals surface area contributed by atoms with E-state index in [2.05, 4.69) is 41.2 Å². The van der Waals surface area contributed by atoms with Crippen LogP contribution in [0.4, 0.5) is 5.69 Å². The van der Waals surface area contributed by atoms with Crippen LogP contribution in [0.5, 0.6) is 0 Å². The molecule has 3 saturated heterocycles. The van der Waals surface area contributed by atoms with E-state index in [4.69, 9.17) is 11.6 Å². The number of nitrogens with zero attached hydrogens (tertiary/aromatic N) is 3. The van der Waals surface area contributed by atoms with Gasteiger partial charge in [-0.2, -0.15) is 0 Å². The predicted octanol–water partition coefficient (Wildman–Crippen LogP) is 3.72. The number of carbonyl (C=O) groups excluding carboxylic acids is 2. The summed E-state index contributed by atoms with van der Waals surface area (Å²) in [5.41, 5.74) is 2.25. The van der Waals surface area contributed by atoms with E-state index in [0.29, 0.717) is 17.1 Å². The molecule has 2 amide bonds. The molecule has 144 valence electrons. The number of amides is 2. The number of halogens is 1. The highest BCUT2D eigenvalue weighted by Crippen LogP contribution is 2.50.